The minimum absolute atomic E-state index is 0.0529. The Morgan fingerprint density at radius 2 is 2.11 bits per heavy atom. The first-order valence-corrected chi connectivity index (χ1v) is 9.35. The third-order valence-electron chi connectivity index (χ3n) is 4.60. The second-order valence-corrected chi connectivity index (χ2v) is 7.52. The molecule has 3 N–H and O–H groups in total. The van der Waals surface area contributed by atoms with Crippen LogP contribution in [0.2, 0.25) is 5.02 Å². The zero-order valence-corrected chi connectivity index (χ0v) is 16.1. The second kappa shape index (κ2) is 8.00. The average molecular weight is 391 g/mol. The molecule has 0 spiro atoms. The van der Waals surface area contributed by atoms with Gasteiger partial charge in [0.2, 0.25) is 0 Å². The highest BCUT2D eigenvalue weighted by molar-refractivity contribution is 6.31. The standard InChI is InChI=1S/C19H23ClN4O3/c1-11(2)23-19(27)15-10-22-24-6-5-12(7-16(15)24)9-21-18(26)14-8-13(20)3-4-17(14)25/h3-4,8,10-12,25H,5-7,9H2,1-2H3,(H,21,26)(H,23,27). The molecule has 1 aromatic heterocycles. The molecule has 0 fully saturated rings. The molecule has 8 heteroatoms. The van der Waals surface area contributed by atoms with E-state index in [0.29, 0.717) is 30.1 Å². The van der Waals surface area contributed by atoms with E-state index in [1.165, 1.54) is 18.2 Å². The number of fused-ring (bicyclic) bond motifs is 1. The number of aromatic nitrogens is 2. The van der Waals surface area contributed by atoms with Gasteiger partial charge in [0.1, 0.15) is 5.75 Å². The van der Waals surface area contributed by atoms with Crippen LogP contribution in [0.1, 0.15) is 46.7 Å². The van der Waals surface area contributed by atoms with Crippen molar-refractivity contribution in [2.45, 2.75) is 39.3 Å². The van der Waals surface area contributed by atoms with Crippen molar-refractivity contribution in [2.75, 3.05) is 6.54 Å². The smallest absolute Gasteiger partial charge is 0.255 e. The number of phenols is 1. The van der Waals surface area contributed by atoms with Crippen molar-refractivity contribution >= 4 is 23.4 Å². The number of hydrogen-bond acceptors (Lipinski definition) is 4. The number of nitrogens with one attached hydrogen (secondary N) is 2. The number of rotatable bonds is 5. The van der Waals surface area contributed by atoms with Gasteiger partial charge in [-0.15, -0.1) is 0 Å². The Hall–Kier alpha value is -2.54. The minimum Gasteiger partial charge on any atom is -0.507 e. The number of carbonyl (C=O) groups is 2. The highest BCUT2D eigenvalue weighted by atomic mass is 35.5. The van der Waals surface area contributed by atoms with Crippen LogP contribution >= 0.6 is 11.6 Å². The Balaban J connectivity index is 1.64. The molecule has 144 valence electrons. The summed E-state index contributed by atoms with van der Waals surface area (Å²) in [5, 5.41) is 20.3. The molecular formula is C19H23ClN4O3. The van der Waals surface area contributed by atoms with E-state index >= 15 is 0 Å². The summed E-state index contributed by atoms with van der Waals surface area (Å²) in [5.41, 5.74) is 1.64. The molecule has 2 aromatic rings. The van der Waals surface area contributed by atoms with Crippen molar-refractivity contribution < 1.29 is 14.7 Å². The van der Waals surface area contributed by atoms with Crippen molar-refractivity contribution in [1.82, 2.24) is 20.4 Å². The Kier molecular flexibility index (Phi) is 5.70. The number of amides is 2. The Labute approximate surface area is 162 Å². The van der Waals surface area contributed by atoms with E-state index < -0.39 is 0 Å². The van der Waals surface area contributed by atoms with E-state index in [2.05, 4.69) is 15.7 Å². The summed E-state index contributed by atoms with van der Waals surface area (Å²) in [7, 11) is 0. The second-order valence-electron chi connectivity index (χ2n) is 7.09. The molecule has 0 aliphatic carbocycles. The number of hydrogen-bond donors (Lipinski definition) is 3. The monoisotopic (exact) mass is 390 g/mol. The molecule has 1 aliphatic heterocycles. The fourth-order valence-electron chi connectivity index (χ4n) is 3.23. The lowest BCUT2D eigenvalue weighted by Crippen LogP contribution is -2.35. The molecule has 1 atom stereocenters. The quantitative estimate of drug-likeness (QED) is 0.730. The molecule has 27 heavy (non-hydrogen) atoms. The lowest BCUT2D eigenvalue weighted by atomic mass is 9.94. The van der Waals surface area contributed by atoms with Gasteiger partial charge >= 0.3 is 0 Å². The molecule has 3 rings (SSSR count). The van der Waals surface area contributed by atoms with Gasteiger partial charge in [-0.1, -0.05) is 11.6 Å². The molecule has 0 saturated carbocycles. The van der Waals surface area contributed by atoms with Crippen molar-refractivity contribution in [3.8, 4) is 5.75 Å². The molecule has 0 radical (unpaired) electrons. The van der Waals surface area contributed by atoms with Gasteiger partial charge in [-0.05, 0) is 50.8 Å². The van der Waals surface area contributed by atoms with Gasteiger partial charge in [0.05, 0.1) is 23.0 Å². The fourth-order valence-corrected chi connectivity index (χ4v) is 3.40. The largest absolute Gasteiger partial charge is 0.507 e. The first-order valence-electron chi connectivity index (χ1n) is 8.97. The van der Waals surface area contributed by atoms with Gasteiger partial charge < -0.3 is 15.7 Å². The minimum atomic E-state index is -0.369. The number of carbonyl (C=O) groups excluding carboxylic acids is 2. The van der Waals surface area contributed by atoms with Crippen LogP contribution in [0.25, 0.3) is 0 Å². The number of nitrogens with zero attached hydrogens (tertiary/aromatic N) is 2. The molecule has 2 heterocycles. The molecule has 0 bridgehead atoms. The van der Waals surface area contributed by atoms with Crippen molar-refractivity contribution in [3.05, 3.63) is 46.2 Å². The van der Waals surface area contributed by atoms with Crippen LogP contribution in [0.3, 0.4) is 0 Å². The third-order valence-corrected chi connectivity index (χ3v) is 4.83. The van der Waals surface area contributed by atoms with Gasteiger partial charge in [0.25, 0.3) is 11.8 Å². The SMILES string of the molecule is CC(C)NC(=O)c1cnn2c1CC(CNC(=O)c1cc(Cl)ccc1O)CC2. The van der Waals surface area contributed by atoms with Crippen LogP contribution < -0.4 is 10.6 Å². The summed E-state index contributed by atoms with van der Waals surface area (Å²) in [4.78, 5) is 24.7. The first-order chi connectivity index (χ1) is 12.8. The molecule has 0 saturated heterocycles. The highest BCUT2D eigenvalue weighted by Gasteiger charge is 2.26. The molecule has 1 aliphatic rings. The number of halogens is 1. The van der Waals surface area contributed by atoms with Crippen LogP contribution in [0.5, 0.6) is 5.75 Å². The normalized spacial score (nSPS) is 16.1. The maximum absolute atomic E-state index is 12.3. The Morgan fingerprint density at radius 3 is 2.85 bits per heavy atom. The highest BCUT2D eigenvalue weighted by Crippen LogP contribution is 2.24. The maximum Gasteiger partial charge on any atom is 0.255 e. The zero-order valence-electron chi connectivity index (χ0n) is 15.3. The van der Waals surface area contributed by atoms with E-state index in [4.69, 9.17) is 11.6 Å². The molecule has 7 nitrogen and oxygen atoms in total. The average Bonchev–Trinajstić information content (AvgIpc) is 3.04. The number of aryl methyl sites for hydroxylation is 1. The topological polar surface area (TPSA) is 96.3 Å². The Morgan fingerprint density at radius 1 is 1.33 bits per heavy atom. The molecule has 2 amide bonds. The molecular weight excluding hydrogens is 368 g/mol. The molecule has 1 aromatic carbocycles. The van der Waals surface area contributed by atoms with Gasteiger partial charge in [0, 0.05) is 24.2 Å². The van der Waals surface area contributed by atoms with E-state index in [9.17, 15) is 14.7 Å². The van der Waals surface area contributed by atoms with E-state index in [-0.39, 0.29) is 35.1 Å². The van der Waals surface area contributed by atoms with E-state index in [1.54, 1.807) is 6.20 Å². The summed E-state index contributed by atoms with van der Waals surface area (Å²) < 4.78 is 1.86. The third kappa shape index (κ3) is 4.42. The van der Waals surface area contributed by atoms with Gasteiger partial charge in [-0.25, -0.2) is 0 Å². The van der Waals surface area contributed by atoms with Gasteiger partial charge in [0.15, 0.2) is 0 Å². The Bertz CT molecular complexity index is 863. The predicted molar refractivity (Wildman–Crippen MR) is 102 cm³/mol. The fraction of sp³-hybridized carbons (Fsp3) is 0.421. The van der Waals surface area contributed by atoms with Gasteiger partial charge in [-0.2, -0.15) is 5.10 Å². The van der Waals surface area contributed by atoms with Crippen molar-refractivity contribution in [1.29, 1.82) is 0 Å². The van der Waals surface area contributed by atoms with Crippen LogP contribution in [-0.2, 0) is 13.0 Å². The van der Waals surface area contributed by atoms with Crippen LogP contribution in [0.4, 0.5) is 0 Å². The summed E-state index contributed by atoms with van der Waals surface area (Å²) in [5.74, 6) is -0.414. The van der Waals surface area contributed by atoms with Crippen molar-refractivity contribution in [3.63, 3.8) is 0 Å². The zero-order chi connectivity index (χ0) is 19.6. The van der Waals surface area contributed by atoms with Crippen LogP contribution in [0, 0.1) is 5.92 Å². The van der Waals surface area contributed by atoms with Gasteiger partial charge in [-0.3, -0.25) is 14.3 Å². The summed E-state index contributed by atoms with van der Waals surface area (Å²) in [6.45, 7) is 4.98. The lowest BCUT2D eigenvalue weighted by Gasteiger charge is -2.24. The summed E-state index contributed by atoms with van der Waals surface area (Å²) in [6.07, 6.45) is 3.11. The van der Waals surface area contributed by atoms with E-state index in [1.807, 2.05) is 18.5 Å². The summed E-state index contributed by atoms with van der Waals surface area (Å²) >= 11 is 5.90. The van der Waals surface area contributed by atoms with Crippen molar-refractivity contribution in [2.24, 2.45) is 5.92 Å². The first kappa shape index (κ1) is 19.2. The molecule has 1 unspecified atom stereocenters. The number of aromatic hydroxyl groups is 1. The lowest BCUT2D eigenvalue weighted by molar-refractivity contribution is 0.0928. The predicted octanol–water partition coefficient (Wildman–Crippen LogP) is 2.37. The van der Waals surface area contributed by atoms with E-state index in [0.717, 1.165) is 12.1 Å². The maximum atomic E-state index is 12.3. The van der Waals surface area contributed by atoms with Crippen LogP contribution in [0.15, 0.2) is 24.4 Å². The summed E-state index contributed by atoms with van der Waals surface area (Å²) in [6, 6.07) is 4.42. The number of benzene rings is 1. The number of phenolic OH excluding ortho intramolecular Hbond substituents is 1. The van der Waals surface area contributed by atoms with Crippen LogP contribution in [-0.4, -0.2) is 39.3 Å².